The van der Waals surface area contributed by atoms with Crippen LogP contribution < -0.4 is 5.32 Å². The Hall–Kier alpha value is -1.36. The molecule has 2 amide bonds. The van der Waals surface area contributed by atoms with Gasteiger partial charge in [0.05, 0.1) is 0 Å². The summed E-state index contributed by atoms with van der Waals surface area (Å²) in [4.78, 5) is 32.0. The quantitative estimate of drug-likeness (QED) is 0.0424. The lowest BCUT2D eigenvalue weighted by Gasteiger charge is -2.33. The Morgan fingerprint density at radius 1 is 0.592 bits per heavy atom. The van der Waals surface area contributed by atoms with E-state index in [-0.39, 0.29) is 23.9 Å². The average Bonchev–Trinajstić information content (AvgIpc) is 3.36. The van der Waals surface area contributed by atoms with E-state index in [1.165, 1.54) is 148 Å². The number of nitrogens with one attached hydrogen (secondary N) is 1. The fraction of sp³-hybridized carbons (Fsp3) is 0.909. The van der Waals surface area contributed by atoms with Gasteiger partial charge in [0.1, 0.15) is 6.04 Å². The zero-order valence-electron chi connectivity index (χ0n) is 33.6. The van der Waals surface area contributed by atoms with Crippen LogP contribution in [0.5, 0.6) is 0 Å². The minimum absolute atomic E-state index is 0.116. The van der Waals surface area contributed by atoms with Crippen LogP contribution in [0.2, 0.25) is 0 Å². The van der Waals surface area contributed by atoms with Crippen molar-refractivity contribution in [2.75, 3.05) is 27.2 Å². The second-order valence-corrected chi connectivity index (χ2v) is 15.8. The number of amides is 2. The largest absolute Gasteiger partial charge is 0.352 e. The second kappa shape index (κ2) is 33.8. The van der Waals surface area contributed by atoms with Crippen molar-refractivity contribution in [2.45, 2.75) is 231 Å². The highest BCUT2D eigenvalue weighted by molar-refractivity contribution is 5.87. The van der Waals surface area contributed by atoms with Crippen LogP contribution in [0.1, 0.15) is 219 Å². The Bertz CT molecular complexity index is 774. The predicted octanol–water partition coefficient (Wildman–Crippen LogP) is 12.3. The molecule has 288 valence electrons. The molecule has 0 bridgehead atoms. The molecule has 1 rings (SSSR count). The molecule has 1 saturated carbocycles. The standard InChI is InChI=1S/C44H85N3O2/c1-5-7-9-11-13-15-17-18-19-20-21-23-25-27-33-38-43(48)47(40-34-39-46(3)4)42(44(49)45-41-35-30-28-29-31-36-41)37-32-26-24-22-16-14-12-10-8-6-2/h18-19,41-42H,5-17,20-40H2,1-4H3,(H,45,49)/b19-18-. The van der Waals surface area contributed by atoms with Gasteiger partial charge in [0.15, 0.2) is 0 Å². The lowest BCUT2D eigenvalue weighted by molar-refractivity contribution is -0.141. The summed E-state index contributed by atoms with van der Waals surface area (Å²) in [7, 11) is 4.19. The van der Waals surface area contributed by atoms with Gasteiger partial charge in [-0.25, -0.2) is 0 Å². The number of allylic oxidation sites excluding steroid dienone is 2. The fourth-order valence-corrected chi connectivity index (χ4v) is 7.48. The molecule has 1 aliphatic carbocycles. The van der Waals surface area contributed by atoms with Crippen LogP contribution in [0.15, 0.2) is 12.2 Å². The Labute approximate surface area is 306 Å². The Balaban J connectivity index is 2.59. The average molecular weight is 688 g/mol. The first-order valence-electron chi connectivity index (χ1n) is 21.9. The van der Waals surface area contributed by atoms with Crippen molar-refractivity contribution in [3.63, 3.8) is 0 Å². The molecule has 5 nitrogen and oxygen atoms in total. The molecule has 0 aromatic carbocycles. The summed E-state index contributed by atoms with van der Waals surface area (Å²) >= 11 is 0. The van der Waals surface area contributed by atoms with Crippen molar-refractivity contribution >= 4 is 11.8 Å². The molecule has 0 radical (unpaired) electrons. The first-order valence-corrected chi connectivity index (χ1v) is 21.9. The normalized spacial score (nSPS) is 14.8. The van der Waals surface area contributed by atoms with Crippen molar-refractivity contribution in [1.82, 2.24) is 15.1 Å². The van der Waals surface area contributed by atoms with Crippen LogP contribution in [0.4, 0.5) is 0 Å². The molecule has 1 aliphatic rings. The molecule has 0 aromatic heterocycles. The molecule has 49 heavy (non-hydrogen) atoms. The fourth-order valence-electron chi connectivity index (χ4n) is 7.48. The van der Waals surface area contributed by atoms with E-state index in [4.69, 9.17) is 0 Å². The first kappa shape index (κ1) is 45.7. The van der Waals surface area contributed by atoms with E-state index in [2.05, 4.69) is 50.3 Å². The summed E-state index contributed by atoms with van der Waals surface area (Å²) in [5.74, 6) is 0.315. The minimum atomic E-state index is -0.324. The summed E-state index contributed by atoms with van der Waals surface area (Å²) in [6.07, 6.45) is 43.4. The third kappa shape index (κ3) is 27.0. The lowest BCUT2D eigenvalue weighted by Crippen LogP contribution is -2.52. The van der Waals surface area contributed by atoms with E-state index in [0.717, 1.165) is 57.9 Å². The van der Waals surface area contributed by atoms with Crippen LogP contribution in [0.3, 0.4) is 0 Å². The maximum Gasteiger partial charge on any atom is 0.243 e. The third-order valence-corrected chi connectivity index (χ3v) is 10.7. The van der Waals surface area contributed by atoms with E-state index in [9.17, 15) is 9.59 Å². The predicted molar refractivity (Wildman–Crippen MR) is 214 cm³/mol. The van der Waals surface area contributed by atoms with Gasteiger partial charge in [0.25, 0.3) is 0 Å². The van der Waals surface area contributed by atoms with E-state index in [1.54, 1.807) is 0 Å². The van der Waals surface area contributed by atoms with Crippen molar-refractivity contribution in [3.8, 4) is 0 Å². The van der Waals surface area contributed by atoms with Gasteiger partial charge >= 0.3 is 0 Å². The number of hydrogen-bond donors (Lipinski definition) is 1. The smallest absolute Gasteiger partial charge is 0.243 e. The molecule has 5 heteroatoms. The number of carbonyl (C=O) groups excluding carboxylic acids is 2. The number of hydrogen-bond acceptors (Lipinski definition) is 3. The van der Waals surface area contributed by atoms with Gasteiger partial charge in [0, 0.05) is 19.0 Å². The summed E-state index contributed by atoms with van der Waals surface area (Å²) in [6.45, 7) is 6.18. The number of rotatable bonds is 33. The van der Waals surface area contributed by atoms with Crippen LogP contribution >= 0.6 is 0 Å². The molecule has 0 aromatic rings. The molecule has 0 saturated heterocycles. The van der Waals surface area contributed by atoms with E-state index in [1.807, 2.05) is 4.90 Å². The highest BCUT2D eigenvalue weighted by atomic mass is 16.2. The van der Waals surface area contributed by atoms with Crippen molar-refractivity contribution < 1.29 is 9.59 Å². The van der Waals surface area contributed by atoms with Gasteiger partial charge in [-0.3, -0.25) is 9.59 Å². The van der Waals surface area contributed by atoms with Crippen LogP contribution in [-0.4, -0.2) is 60.9 Å². The zero-order chi connectivity index (χ0) is 35.6. The summed E-state index contributed by atoms with van der Waals surface area (Å²) < 4.78 is 0. The summed E-state index contributed by atoms with van der Waals surface area (Å²) in [6, 6.07) is -0.0515. The highest BCUT2D eigenvalue weighted by Crippen LogP contribution is 2.21. The monoisotopic (exact) mass is 688 g/mol. The summed E-state index contributed by atoms with van der Waals surface area (Å²) in [5.41, 5.74) is 0. The van der Waals surface area contributed by atoms with Crippen molar-refractivity contribution in [3.05, 3.63) is 12.2 Å². The number of nitrogens with zero attached hydrogens (tertiary/aromatic N) is 2. The molecular weight excluding hydrogens is 603 g/mol. The van der Waals surface area contributed by atoms with Gasteiger partial charge in [0.2, 0.25) is 11.8 Å². The summed E-state index contributed by atoms with van der Waals surface area (Å²) in [5, 5.41) is 3.45. The van der Waals surface area contributed by atoms with Crippen LogP contribution in [0, 0.1) is 0 Å². The van der Waals surface area contributed by atoms with Crippen LogP contribution in [0.25, 0.3) is 0 Å². The molecule has 1 atom stereocenters. The van der Waals surface area contributed by atoms with Crippen molar-refractivity contribution in [2.24, 2.45) is 0 Å². The minimum Gasteiger partial charge on any atom is -0.352 e. The van der Waals surface area contributed by atoms with Gasteiger partial charge in [-0.15, -0.1) is 0 Å². The topological polar surface area (TPSA) is 52.7 Å². The maximum atomic E-state index is 14.0. The van der Waals surface area contributed by atoms with E-state index >= 15 is 0 Å². The maximum absolute atomic E-state index is 14.0. The number of unbranched alkanes of at least 4 members (excludes halogenated alkanes) is 20. The second-order valence-electron chi connectivity index (χ2n) is 15.8. The van der Waals surface area contributed by atoms with Crippen LogP contribution in [-0.2, 0) is 9.59 Å². The molecular formula is C44H85N3O2. The Morgan fingerprint density at radius 2 is 1.06 bits per heavy atom. The molecule has 0 aliphatic heterocycles. The molecule has 1 unspecified atom stereocenters. The van der Waals surface area contributed by atoms with Gasteiger partial charge in [-0.05, 0) is 78.4 Å². The lowest BCUT2D eigenvalue weighted by atomic mass is 10.0. The molecule has 1 fully saturated rings. The highest BCUT2D eigenvalue weighted by Gasteiger charge is 2.30. The van der Waals surface area contributed by atoms with E-state index < -0.39 is 0 Å². The van der Waals surface area contributed by atoms with Gasteiger partial charge < -0.3 is 15.1 Å². The van der Waals surface area contributed by atoms with E-state index in [0.29, 0.717) is 13.0 Å². The molecule has 0 spiro atoms. The third-order valence-electron chi connectivity index (χ3n) is 10.7. The Morgan fingerprint density at radius 3 is 1.57 bits per heavy atom. The number of carbonyl (C=O) groups is 2. The van der Waals surface area contributed by atoms with Gasteiger partial charge in [-0.2, -0.15) is 0 Å². The van der Waals surface area contributed by atoms with Gasteiger partial charge in [-0.1, -0.05) is 167 Å². The Kier molecular flexibility index (Phi) is 31.5. The molecule has 0 heterocycles. The SMILES string of the molecule is CCCCCCCC/C=C\CCCCCCCC(=O)N(CCCN(C)C)C(CCCCCCCCCCCC)C(=O)NC1CCCCCC1. The molecule has 1 N–H and O–H groups in total. The first-order chi connectivity index (χ1) is 24.0. The van der Waals surface area contributed by atoms with Crippen molar-refractivity contribution in [1.29, 1.82) is 0 Å². The zero-order valence-corrected chi connectivity index (χ0v) is 33.6.